The normalized spacial score (nSPS) is 12.2. The van der Waals surface area contributed by atoms with Crippen molar-refractivity contribution in [3.63, 3.8) is 0 Å². The molecule has 27 aromatic rings. The van der Waals surface area contributed by atoms with Gasteiger partial charge in [0.1, 0.15) is 0 Å². The molecule has 0 bridgehead atoms. The Labute approximate surface area is 835 Å². The van der Waals surface area contributed by atoms with Crippen molar-refractivity contribution in [1.29, 1.82) is 0 Å². The van der Waals surface area contributed by atoms with Crippen LogP contribution in [0.5, 0.6) is 0 Å². The second-order valence-corrected chi connectivity index (χ2v) is 59.4. The average molecular weight is 2070 g/mol. The second kappa shape index (κ2) is 34.5. The van der Waals surface area contributed by atoms with Crippen LogP contribution in [0.1, 0.15) is 5.56 Å². The molecule has 0 spiro atoms. The minimum Gasteiger partial charge on any atom is -0.399 e. The lowest BCUT2D eigenvalue weighted by Crippen LogP contribution is -2.37. The van der Waals surface area contributed by atoms with Gasteiger partial charge in [-0.15, -0.1) is 0 Å². The van der Waals surface area contributed by atoms with Gasteiger partial charge in [-0.3, -0.25) is 0 Å². The molecule has 0 amide bonds. The smallest absolute Gasteiger partial charge is 0.0776 e. The molecule has 0 fully saturated rings. The molecule has 27 rings (SSSR count). The summed E-state index contributed by atoms with van der Waals surface area (Å²) in [6, 6.07) is 148. The molecule has 660 valence electrons. The maximum atomic E-state index is 5.62. The zero-order valence-electron chi connectivity index (χ0n) is 78.1. The van der Waals surface area contributed by atoms with Gasteiger partial charge in [0, 0.05) is 40.6 Å². The summed E-state index contributed by atoms with van der Waals surface area (Å²) in [5.41, 5.74) is 18.5. The molecule has 0 heterocycles. The van der Waals surface area contributed by atoms with Crippen molar-refractivity contribution >= 4 is 309 Å². The third-order valence-corrected chi connectivity index (χ3v) is 36.1. The standard InChI is InChI=1S/C58H43NSi.C25H21BrSi.C19H17BrSi.C16H8Br2.C10H9N/c1-36-27-41-9-11-43-29-49(30-44-12-10-42(28-36)55(41)56(43)44)38-17-22-51(23-18-38)59(53-26-21-37-7-5-6-8-40(37)33-53)52-24-19-39(20-25-52)50-31-45-13-15-47-34-54(60(2,3)4)35-48-16-14-46(32-50)57(45)58(47)48;1-27(2,3)23-14-19-6-4-17-12-21(16-8-10-22(26)11-9-16)13-18-5-7-20(15-23)25(19)24(17)18;1-21(2,3)17-10-14-6-4-12-8-16(20)9-13-5-7-15(11-17)19(14)18(12)13;17-13-5-9-1-2-10-6-14(18)8-12-4-3-11(7-13)15(9)16(10)12;11-10-6-5-8-3-1-2-4-9(8)7-10/h5-35H,1-4H3;4-15H,1-3H3;4-11H,1-3H3;1-8H;1-7H,11H2. The second-order valence-electron chi connectivity index (χ2n) is 40.5. The zero-order valence-corrected chi connectivity index (χ0v) is 87.5. The number of aryl methyl sites for hydroxylation is 1. The molecule has 0 aliphatic carbocycles. The molecule has 137 heavy (non-hydrogen) atoms. The largest absolute Gasteiger partial charge is 0.399 e. The molecule has 9 heteroatoms. The molecule has 2 nitrogen and oxygen atoms in total. The third-order valence-electron chi connectivity index (χ3n) is 28.2. The van der Waals surface area contributed by atoms with Gasteiger partial charge in [-0.2, -0.15) is 0 Å². The van der Waals surface area contributed by atoms with Gasteiger partial charge in [0.2, 0.25) is 0 Å². The van der Waals surface area contributed by atoms with Gasteiger partial charge in [-0.1, -0.05) is 405 Å². The van der Waals surface area contributed by atoms with Crippen molar-refractivity contribution in [2.45, 2.75) is 65.8 Å². The lowest BCUT2D eigenvalue weighted by atomic mass is 9.90. The van der Waals surface area contributed by atoms with E-state index in [1.165, 1.54) is 238 Å². The van der Waals surface area contributed by atoms with Crippen LogP contribution in [0.25, 0.3) is 217 Å². The van der Waals surface area contributed by atoms with E-state index in [1.807, 2.05) is 30.3 Å². The first-order valence-electron chi connectivity index (χ1n) is 47.2. The van der Waals surface area contributed by atoms with Gasteiger partial charge in [0.15, 0.2) is 0 Å². The van der Waals surface area contributed by atoms with E-state index in [-0.39, 0.29) is 0 Å². The molecule has 0 saturated carbocycles. The highest BCUT2D eigenvalue weighted by atomic mass is 79.9. The highest BCUT2D eigenvalue weighted by Gasteiger charge is 2.25. The van der Waals surface area contributed by atoms with Gasteiger partial charge in [-0.25, -0.2) is 0 Å². The van der Waals surface area contributed by atoms with Gasteiger partial charge >= 0.3 is 0 Å². The van der Waals surface area contributed by atoms with Crippen LogP contribution in [0.15, 0.2) is 418 Å². The number of rotatable bonds is 9. The maximum Gasteiger partial charge on any atom is 0.0776 e. The Morgan fingerprint density at radius 1 is 0.175 bits per heavy atom. The number of fused-ring (bicyclic) bond motifs is 2. The number of nitrogens with two attached hydrogens (primary N) is 1. The van der Waals surface area contributed by atoms with Crippen molar-refractivity contribution in [2.24, 2.45) is 0 Å². The predicted molar refractivity (Wildman–Crippen MR) is 626 cm³/mol. The van der Waals surface area contributed by atoms with Crippen molar-refractivity contribution in [1.82, 2.24) is 0 Å². The Kier molecular flexibility index (Phi) is 22.1. The minimum absolute atomic E-state index is 0.823. The molecular weight excluding hydrogens is 1970 g/mol. The highest BCUT2D eigenvalue weighted by Crippen LogP contribution is 2.47. The van der Waals surface area contributed by atoms with E-state index in [4.69, 9.17) is 5.73 Å². The zero-order chi connectivity index (χ0) is 93.8. The summed E-state index contributed by atoms with van der Waals surface area (Å²) in [6.45, 7) is 24.0. The Balaban J connectivity index is 0.000000111. The summed E-state index contributed by atoms with van der Waals surface area (Å²) < 4.78 is 4.53. The summed E-state index contributed by atoms with van der Waals surface area (Å²) in [5.74, 6) is 0. The Morgan fingerprint density at radius 2 is 0.380 bits per heavy atom. The van der Waals surface area contributed by atoms with E-state index >= 15 is 0 Å². The summed E-state index contributed by atoms with van der Waals surface area (Å²) in [5, 5.41) is 49.8. The number of hydrogen-bond acceptors (Lipinski definition) is 2. The summed E-state index contributed by atoms with van der Waals surface area (Å²) in [6.07, 6.45) is 0. The van der Waals surface area contributed by atoms with Gasteiger partial charge in [0.25, 0.3) is 0 Å². The van der Waals surface area contributed by atoms with Gasteiger partial charge in [-0.05, 0) is 362 Å². The van der Waals surface area contributed by atoms with Crippen molar-refractivity contribution in [3.8, 4) is 33.4 Å². The lowest BCUT2D eigenvalue weighted by molar-refractivity contribution is 1.29. The van der Waals surface area contributed by atoms with Crippen LogP contribution in [0.3, 0.4) is 0 Å². The van der Waals surface area contributed by atoms with Crippen molar-refractivity contribution in [2.75, 3.05) is 10.6 Å². The van der Waals surface area contributed by atoms with Gasteiger partial charge in [0.05, 0.1) is 24.2 Å². The quantitative estimate of drug-likeness (QED) is 0.0887. The molecule has 0 aliphatic rings. The molecular formula is C128H98Br4N2Si3. The first-order chi connectivity index (χ1) is 66.1. The van der Waals surface area contributed by atoms with Crippen LogP contribution in [0.2, 0.25) is 58.9 Å². The Morgan fingerprint density at radius 3 is 0.642 bits per heavy atom. The first kappa shape index (κ1) is 87.9. The van der Waals surface area contributed by atoms with Crippen LogP contribution >= 0.6 is 63.7 Å². The lowest BCUT2D eigenvalue weighted by Gasteiger charge is -2.26. The number of nitrogen functional groups attached to an aromatic ring is 1. The van der Waals surface area contributed by atoms with Crippen LogP contribution < -0.4 is 26.2 Å². The number of benzene rings is 27. The van der Waals surface area contributed by atoms with Crippen molar-refractivity contribution in [3.05, 3.63) is 424 Å². The fraction of sp³-hybridized carbons (Fsp3) is 0.0781. The number of hydrogen-bond donors (Lipinski definition) is 1. The number of halogens is 4. The SMILES string of the molecule is Brc1cc2ccc3cc(Br)cc4ccc(c1)c2c34.C[Si](C)(C)c1cc2ccc3cc(-c4ccc(Br)cc4)cc4ccc(c1)c2c34.C[Si](C)(C)c1cc2ccc3cc(Br)cc4ccc(c1)c2c34.Cc1cc2ccc3cc(-c4ccc(N(c5ccc(-c6cc7ccc8cc([Si](C)(C)C)cc9ccc(c6)c7c89)cc5)c5ccc6ccccc6c5)cc4)cc4ccc(c1)c2c34.Nc1ccc2ccccc2c1. The van der Waals surface area contributed by atoms with Crippen LogP contribution in [0.4, 0.5) is 22.7 Å². The van der Waals surface area contributed by atoms with Crippen LogP contribution in [-0.4, -0.2) is 24.2 Å². The molecule has 0 aromatic heterocycles. The summed E-state index contributed by atoms with van der Waals surface area (Å²) >= 11 is 14.3. The molecule has 0 radical (unpaired) electrons. The predicted octanol–water partition coefficient (Wildman–Crippen LogP) is 38.3. The van der Waals surface area contributed by atoms with Gasteiger partial charge < -0.3 is 10.6 Å². The average Bonchev–Trinajstić information content (AvgIpc) is 0.742. The monoisotopic (exact) mass is 2060 g/mol. The Hall–Kier alpha value is -13.2. The van der Waals surface area contributed by atoms with E-state index < -0.39 is 24.2 Å². The molecule has 27 aromatic carbocycles. The summed E-state index contributed by atoms with van der Waals surface area (Å²) in [4.78, 5) is 2.39. The van der Waals surface area contributed by atoms with E-state index in [0.29, 0.717) is 0 Å². The van der Waals surface area contributed by atoms with Crippen molar-refractivity contribution < 1.29 is 0 Å². The third kappa shape index (κ3) is 16.6. The topological polar surface area (TPSA) is 29.3 Å². The van der Waals surface area contributed by atoms with E-state index in [9.17, 15) is 0 Å². The molecule has 0 unspecified atom stereocenters. The molecule has 0 aliphatic heterocycles. The number of anilines is 4. The van der Waals surface area contributed by atoms with Crippen LogP contribution in [0, 0.1) is 6.92 Å². The summed E-state index contributed by atoms with van der Waals surface area (Å²) in [7, 11) is -4.08. The van der Waals surface area contributed by atoms with Crippen LogP contribution in [-0.2, 0) is 0 Å². The van der Waals surface area contributed by atoms with E-state index in [2.05, 4.69) is 505 Å². The maximum absolute atomic E-state index is 5.62. The fourth-order valence-electron chi connectivity index (χ4n) is 21.2. The molecule has 0 saturated heterocycles. The minimum atomic E-state index is -1.44. The highest BCUT2D eigenvalue weighted by molar-refractivity contribution is 9.11. The Bertz CT molecular complexity index is 9010. The fourth-order valence-corrected chi connectivity index (χ4v) is 26.5. The van der Waals surface area contributed by atoms with E-state index in [1.54, 1.807) is 0 Å². The first-order valence-corrected chi connectivity index (χ1v) is 60.9. The van der Waals surface area contributed by atoms with E-state index in [0.717, 1.165) is 40.6 Å². The number of nitrogens with zero attached hydrogens (tertiary/aromatic N) is 1. The molecule has 2 N–H and O–H groups in total. The molecule has 0 atom stereocenters.